The van der Waals surface area contributed by atoms with Crippen molar-refractivity contribution in [1.29, 1.82) is 0 Å². The topological polar surface area (TPSA) is 30.9 Å². The molecule has 0 heterocycles. The summed E-state index contributed by atoms with van der Waals surface area (Å²) in [5, 5.41) is 0. The van der Waals surface area contributed by atoms with Gasteiger partial charge in [0.2, 0.25) is 0 Å². The third-order valence-corrected chi connectivity index (χ3v) is 4.17. The third kappa shape index (κ3) is 6.13. The third-order valence-electron chi connectivity index (χ3n) is 4.17. The van der Waals surface area contributed by atoms with Crippen LogP contribution in [0.25, 0.3) is 11.1 Å². The molecule has 0 aliphatic carbocycles. The highest BCUT2D eigenvalue weighted by molar-refractivity contribution is 5.69. The SMILES string of the molecule is COCCOCCOc1ccc(-c2cc(C)ccc2C)cc1CN(C)C. The van der Waals surface area contributed by atoms with E-state index in [0.29, 0.717) is 26.4 Å². The molecule has 0 N–H and O–H groups in total. The molecule has 2 aromatic carbocycles. The number of hydrogen-bond donors (Lipinski definition) is 0. The second-order valence-electron chi connectivity index (χ2n) is 6.83. The van der Waals surface area contributed by atoms with E-state index >= 15 is 0 Å². The minimum atomic E-state index is 0.535. The molecule has 0 amide bonds. The lowest BCUT2D eigenvalue weighted by Gasteiger charge is -2.17. The van der Waals surface area contributed by atoms with Gasteiger partial charge in [-0.3, -0.25) is 0 Å². The summed E-state index contributed by atoms with van der Waals surface area (Å²) in [5.41, 5.74) is 6.25. The smallest absolute Gasteiger partial charge is 0.123 e. The van der Waals surface area contributed by atoms with Crippen LogP contribution in [0.2, 0.25) is 0 Å². The Bertz CT molecular complexity index is 698. The quantitative estimate of drug-likeness (QED) is 0.600. The molecule has 142 valence electrons. The molecule has 0 saturated carbocycles. The van der Waals surface area contributed by atoms with E-state index in [1.54, 1.807) is 7.11 Å². The molecule has 2 aromatic rings. The summed E-state index contributed by atoms with van der Waals surface area (Å²) in [5.74, 6) is 0.920. The van der Waals surface area contributed by atoms with Crippen LogP contribution in [0.4, 0.5) is 0 Å². The Hall–Kier alpha value is -1.88. The fourth-order valence-corrected chi connectivity index (χ4v) is 2.85. The van der Waals surface area contributed by atoms with Gasteiger partial charge in [-0.25, -0.2) is 0 Å². The molecule has 0 atom stereocenters. The zero-order valence-corrected chi connectivity index (χ0v) is 16.7. The fourth-order valence-electron chi connectivity index (χ4n) is 2.85. The van der Waals surface area contributed by atoms with Gasteiger partial charge in [-0.15, -0.1) is 0 Å². The maximum Gasteiger partial charge on any atom is 0.123 e. The van der Waals surface area contributed by atoms with Gasteiger partial charge in [-0.05, 0) is 56.8 Å². The lowest BCUT2D eigenvalue weighted by molar-refractivity contribution is 0.0542. The van der Waals surface area contributed by atoms with Gasteiger partial charge in [0.1, 0.15) is 12.4 Å². The highest BCUT2D eigenvalue weighted by Crippen LogP contribution is 2.30. The predicted octanol–water partition coefficient (Wildman–Crippen LogP) is 4.07. The number of benzene rings is 2. The fraction of sp³-hybridized carbons (Fsp3) is 0.455. The van der Waals surface area contributed by atoms with Gasteiger partial charge in [-0.2, -0.15) is 0 Å². The Morgan fingerprint density at radius 2 is 1.65 bits per heavy atom. The van der Waals surface area contributed by atoms with Crippen LogP contribution in [0.3, 0.4) is 0 Å². The first-order valence-electron chi connectivity index (χ1n) is 9.06. The number of methoxy groups -OCH3 is 1. The van der Waals surface area contributed by atoms with Gasteiger partial charge in [0, 0.05) is 19.2 Å². The Balaban J connectivity index is 2.15. The van der Waals surface area contributed by atoms with E-state index < -0.39 is 0 Å². The number of hydrogen-bond acceptors (Lipinski definition) is 4. The maximum absolute atomic E-state index is 5.97. The molecule has 0 fully saturated rings. The largest absolute Gasteiger partial charge is 0.491 e. The maximum atomic E-state index is 5.97. The minimum Gasteiger partial charge on any atom is -0.491 e. The molecule has 0 spiro atoms. The first-order valence-corrected chi connectivity index (χ1v) is 9.06. The van der Waals surface area contributed by atoms with Gasteiger partial charge in [0.25, 0.3) is 0 Å². The van der Waals surface area contributed by atoms with Crippen LogP contribution < -0.4 is 4.74 Å². The van der Waals surface area contributed by atoms with E-state index in [1.807, 2.05) is 0 Å². The second kappa shape index (κ2) is 10.3. The number of nitrogens with zero attached hydrogens (tertiary/aromatic N) is 1. The normalized spacial score (nSPS) is 11.2. The average molecular weight is 357 g/mol. The van der Waals surface area contributed by atoms with Crippen LogP contribution in [-0.4, -0.2) is 52.5 Å². The molecule has 4 heteroatoms. The summed E-state index contributed by atoms with van der Waals surface area (Å²) in [6.45, 7) is 7.41. The van der Waals surface area contributed by atoms with Gasteiger partial charge in [0.15, 0.2) is 0 Å². The van der Waals surface area contributed by atoms with Gasteiger partial charge in [0.05, 0.1) is 19.8 Å². The summed E-state index contributed by atoms with van der Waals surface area (Å²) in [4.78, 5) is 2.16. The molecule has 0 bridgehead atoms. The van der Waals surface area contributed by atoms with Crippen LogP contribution in [-0.2, 0) is 16.0 Å². The first kappa shape index (κ1) is 20.4. The second-order valence-corrected chi connectivity index (χ2v) is 6.83. The van der Waals surface area contributed by atoms with Crippen molar-refractivity contribution in [2.75, 3.05) is 47.6 Å². The van der Waals surface area contributed by atoms with Crippen molar-refractivity contribution in [2.45, 2.75) is 20.4 Å². The standard InChI is InChI=1S/C22H31NO3/c1-17-6-7-18(2)21(14-17)19-8-9-22(20(15-19)16-23(3)4)26-13-12-25-11-10-24-5/h6-9,14-15H,10-13,16H2,1-5H3. The van der Waals surface area contributed by atoms with Gasteiger partial charge >= 0.3 is 0 Å². The summed E-state index contributed by atoms with van der Waals surface area (Å²) in [6, 6.07) is 13.0. The number of ether oxygens (including phenoxy) is 3. The van der Waals surface area contributed by atoms with Gasteiger partial charge < -0.3 is 19.1 Å². The molecule has 0 aliphatic rings. The molecule has 0 radical (unpaired) electrons. The van der Waals surface area contributed by atoms with E-state index in [4.69, 9.17) is 14.2 Å². The molecule has 0 aliphatic heterocycles. The first-order chi connectivity index (χ1) is 12.5. The summed E-state index contributed by atoms with van der Waals surface area (Å²) >= 11 is 0. The summed E-state index contributed by atoms with van der Waals surface area (Å²) in [7, 11) is 5.81. The molecule has 0 unspecified atom stereocenters. The Morgan fingerprint density at radius 1 is 0.885 bits per heavy atom. The van der Waals surface area contributed by atoms with Crippen molar-refractivity contribution >= 4 is 0 Å². The average Bonchev–Trinajstić information content (AvgIpc) is 2.60. The van der Waals surface area contributed by atoms with Crippen molar-refractivity contribution in [3.8, 4) is 16.9 Å². The zero-order chi connectivity index (χ0) is 18.9. The number of aryl methyl sites for hydroxylation is 2. The van der Waals surface area contributed by atoms with E-state index in [9.17, 15) is 0 Å². The highest BCUT2D eigenvalue weighted by Gasteiger charge is 2.10. The molecular formula is C22H31NO3. The van der Waals surface area contributed by atoms with Crippen LogP contribution in [0.1, 0.15) is 16.7 Å². The Morgan fingerprint density at radius 3 is 2.38 bits per heavy atom. The Kier molecular flexibility index (Phi) is 8.10. The molecule has 4 nitrogen and oxygen atoms in total. The van der Waals surface area contributed by atoms with Crippen LogP contribution in [0.15, 0.2) is 36.4 Å². The van der Waals surface area contributed by atoms with Crippen molar-refractivity contribution < 1.29 is 14.2 Å². The van der Waals surface area contributed by atoms with Gasteiger partial charge in [-0.1, -0.05) is 29.8 Å². The summed E-state index contributed by atoms with van der Waals surface area (Å²) < 4.78 is 16.4. The number of rotatable bonds is 10. The van der Waals surface area contributed by atoms with E-state index in [1.165, 1.54) is 27.8 Å². The molecule has 0 saturated heterocycles. The lowest BCUT2D eigenvalue weighted by atomic mass is 9.96. The minimum absolute atomic E-state index is 0.535. The van der Waals surface area contributed by atoms with Crippen LogP contribution >= 0.6 is 0 Å². The molecule has 2 rings (SSSR count). The van der Waals surface area contributed by atoms with E-state index in [2.05, 4.69) is 69.2 Å². The highest BCUT2D eigenvalue weighted by atomic mass is 16.5. The van der Waals surface area contributed by atoms with Crippen LogP contribution in [0.5, 0.6) is 5.75 Å². The zero-order valence-electron chi connectivity index (χ0n) is 16.7. The van der Waals surface area contributed by atoms with Crippen LogP contribution in [0, 0.1) is 13.8 Å². The lowest BCUT2D eigenvalue weighted by Crippen LogP contribution is -2.14. The summed E-state index contributed by atoms with van der Waals surface area (Å²) in [6.07, 6.45) is 0. The molecule has 0 aromatic heterocycles. The van der Waals surface area contributed by atoms with Crippen molar-refractivity contribution in [3.05, 3.63) is 53.1 Å². The van der Waals surface area contributed by atoms with E-state index in [-0.39, 0.29) is 0 Å². The van der Waals surface area contributed by atoms with Crippen molar-refractivity contribution in [3.63, 3.8) is 0 Å². The Labute approximate surface area is 157 Å². The monoisotopic (exact) mass is 357 g/mol. The molecular weight excluding hydrogens is 326 g/mol. The van der Waals surface area contributed by atoms with Crippen molar-refractivity contribution in [2.24, 2.45) is 0 Å². The molecule has 26 heavy (non-hydrogen) atoms. The predicted molar refractivity (Wildman–Crippen MR) is 107 cm³/mol. The van der Waals surface area contributed by atoms with E-state index in [0.717, 1.165) is 12.3 Å². The van der Waals surface area contributed by atoms with Crippen molar-refractivity contribution in [1.82, 2.24) is 4.90 Å².